The molecule has 0 aliphatic heterocycles. The molecule has 10 nitrogen and oxygen atoms in total. The molecule has 3 aromatic rings. The van der Waals surface area contributed by atoms with Crippen LogP contribution in [0.4, 0.5) is 20.2 Å². The fraction of sp³-hybridized carbons (Fsp3) is 0.292. The molecule has 36 heavy (non-hydrogen) atoms. The van der Waals surface area contributed by atoms with Crippen LogP contribution in [0.1, 0.15) is 39.9 Å². The van der Waals surface area contributed by atoms with Crippen molar-refractivity contribution in [2.75, 3.05) is 18.8 Å². The van der Waals surface area contributed by atoms with Crippen molar-refractivity contribution in [3.05, 3.63) is 59.8 Å². The van der Waals surface area contributed by atoms with Crippen LogP contribution in [-0.4, -0.2) is 52.4 Å². The van der Waals surface area contributed by atoms with E-state index in [0.29, 0.717) is 22.7 Å². The van der Waals surface area contributed by atoms with Gasteiger partial charge in [0, 0.05) is 24.4 Å². The molecular formula is C24H24F2N6O4. The number of nitrogens with two attached hydrogens (primary N) is 1. The SMILES string of the molecule is CCON(c1cc(C(=O)NC2CC2(F)F)ncc1C(N)=O)c1cccc(-c2cnc(C)cn2)c1OC. The van der Waals surface area contributed by atoms with Gasteiger partial charge in [0.1, 0.15) is 11.4 Å². The Morgan fingerprint density at radius 1 is 1.19 bits per heavy atom. The summed E-state index contributed by atoms with van der Waals surface area (Å²) in [5.41, 5.74) is 7.64. The zero-order chi connectivity index (χ0) is 26.0. The Kier molecular flexibility index (Phi) is 6.80. The standard InChI is InChI=1S/C24H24F2N6O4/c1-4-36-32(18-7-5-6-14(21(18)35-3)17-12-28-13(2)10-29-17)19-8-16(30-11-15(19)22(27)33)23(34)31-20-9-24(20,25)26/h5-8,10-12,20H,4,9H2,1-3H3,(H2,27,33)(H,31,34). The van der Waals surface area contributed by atoms with Crippen LogP contribution < -0.4 is 20.9 Å². The highest BCUT2D eigenvalue weighted by Gasteiger charge is 2.58. The number of amides is 2. The van der Waals surface area contributed by atoms with E-state index in [2.05, 4.69) is 20.3 Å². The summed E-state index contributed by atoms with van der Waals surface area (Å²) in [7, 11) is 1.46. The largest absolute Gasteiger partial charge is 0.494 e. The molecule has 1 unspecified atom stereocenters. The summed E-state index contributed by atoms with van der Waals surface area (Å²) in [5.74, 6) is -4.25. The Morgan fingerprint density at radius 2 is 1.94 bits per heavy atom. The third-order valence-corrected chi connectivity index (χ3v) is 5.46. The number of hydrogen-bond donors (Lipinski definition) is 2. The van der Waals surface area contributed by atoms with Gasteiger partial charge >= 0.3 is 0 Å². The van der Waals surface area contributed by atoms with Crippen molar-refractivity contribution < 1.29 is 27.9 Å². The minimum absolute atomic E-state index is 0.0562. The summed E-state index contributed by atoms with van der Waals surface area (Å²) in [6.07, 6.45) is 3.87. The second-order valence-electron chi connectivity index (χ2n) is 8.06. The lowest BCUT2D eigenvalue weighted by Crippen LogP contribution is -2.31. The fourth-order valence-corrected chi connectivity index (χ4v) is 3.56. The Labute approximate surface area is 205 Å². The molecule has 12 heteroatoms. The molecule has 0 radical (unpaired) electrons. The lowest BCUT2D eigenvalue weighted by Gasteiger charge is -2.27. The van der Waals surface area contributed by atoms with Crippen LogP contribution >= 0.6 is 0 Å². The summed E-state index contributed by atoms with van der Waals surface area (Å²) in [4.78, 5) is 43.3. The van der Waals surface area contributed by atoms with E-state index >= 15 is 0 Å². The number of anilines is 2. The predicted octanol–water partition coefficient (Wildman–Crippen LogP) is 3.18. The van der Waals surface area contributed by atoms with Gasteiger partial charge in [-0.2, -0.15) is 0 Å². The van der Waals surface area contributed by atoms with Crippen LogP contribution in [0.25, 0.3) is 11.3 Å². The normalized spacial score (nSPS) is 15.8. The quantitative estimate of drug-likeness (QED) is 0.430. The van der Waals surface area contributed by atoms with Crippen molar-refractivity contribution in [1.29, 1.82) is 0 Å². The van der Waals surface area contributed by atoms with Crippen LogP contribution in [0.15, 0.2) is 42.9 Å². The smallest absolute Gasteiger partial charge is 0.270 e. The number of rotatable bonds is 9. The first-order valence-corrected chi connectivity index (χ1v) is 11.0. The molecule has 2 heterocycles. The lowest BCUT2D eigenvalue weighted by molar-refractivity contribution is 0.0845. The highest BCUT2D eigenvalue weighted by Crippen LogP contribution is 2.43. The Hall–Kier alpha value is -4.19. The van der Waals surface area contributed by atoms with Crippen LogP contribution in [0.3, 0.4) is 0 Å². The van der Waals surface area contributed by atoms with Gasteiger partial charge < -0.3 is 15.8 Å². The minimum atomic E-state index is -2.95. The third-order valence-electron chi connectivity index (χ3n) is 5.46. The van der Waals surface area contributed by atoms with Crippen molar-refractivity contribution in [3.63, 3.8) is 0 Å². The summed E-state index contributed by atoms with van der Waals surface area (Å²) in [5, 5.41) is 3.52. The zero-order valence-electron chi connectivity index (χ0n) is 19.8. The van der Waals surface area contributed by atoms with Gasteiger partial charge in [-0.15, -0.1) is 0 Å². The molecule has 188 valence electrons. The molecule has 0 saturated heterocycles. The molecular weight excluding hydrogens is 474 g/mol. The second kappa shape index (κ2) is 9.82. The molecule has 1 aliphatic rings. The van der Waals surface area contributed by atoms with Gasteiger partial charge in [0.2, 0.25) is 0 Å². The van der Waals surface area contributed by atoms with Gasteiger partial charge in [-0.25, -0.2) is 13.8 Å². The number of alkyl halides is 2. The van der Waals surface area contributed by atoms with E-state index in [-0.39, 0.29) is 23.6 Å². The molecule has 0 bridgehead atoms. The van der Waals surface area contributed by atoms with Crippen LogP contribution in [0, 0.1) is 6.92 Å². The summed E-state index contributed by atoms with van der Waals surface area (Å²) in [6.45, 7) is 3.70. The van der Waals surface area contributed by atoms with Crippen molar-refractivity contribution in [1.82, 2.24) is 20.3 Å². The number of para-hydroxylation sites is 1. The number of carbonyl (C=O) groups is 2. The molecule has 4 rings (SSSR count). The Morgan fingerprint density at radius 3 is 2.53 bits per heavy atom. The van der Waals surface area contributed by atoms with E-state index in [9.17, 15) is 18.4 Å². The first-order valence-electron chi connectivity index (χ1n) is 11.0. The molecule has 1 aromatic carbocycles. The van der Waals surface area contributed by atoms with E-state index in [0.717, 1.165) is 11.9 Å². The van der Waals surface area contributed by atoms with Gasteiger partial charge in [-0.3, -0.25) is 29.4 Å². The number of benzene rings is 1. The summed E-state index contributed by atoms with van der Waals surface area (Å²) >= 11 is 0. The Balaban J connectivity index is 1.81. The molecule has 2 aromatic heterocycles. The van der Waals surface area contributed by atoms with E-state index in [1.54, 1.807) is 37.5 Å². The number of pyridine rings is 1. The first kappa shape index (κ1) is 24.9. The maximum Gasteiger partial charge on any atom is 0.270 e. The molecule has 0 spiro atoms. The lowest BCUT2D eigenvalue weighted by atomic mass is 10.1. The van der Waals surface area contributed by atoms with Crippen LogP contribution in [0.5, 0.6) is 5.75 Å². The first-order chi connectivity index (χ1) is 17.2. The maximum atomic E-state index is 13.3. The van der Waals surface area contributed by atoms with Gasteiger partial charge in [0.05, 0.1) is 48.6 Å². The number of aryl methyl sites for hydroxylation is 1. The fourth-order valence-electron chi connectivity index (χ4n) is 3.56. The van der Waals surface area contributed by atoms with Crippen LogP contribution in [-0.2, 0) is 4.84 Å². The average Bonchev–Trinajstić information content (AvgIpc) is 3.47. The summed E-state index contributed by atoms with van der Waals surface area (Å²) < 4.78 is 32.3. The van der Waals surface area contributed by atoms with Gasteiger partial charge in [-0.1, -0.05) is 6.07 Å². The predicted molar refractivity (Wildman–Crippen MR) is 126 cm³/mol. The molecule has 1 aliphatic carbocycles. The minimum Gasteiger partial charge on any atom is -0.494 e. The van der Waals surface area contributed by atoms with Crippen molar-refractivity contribution in [2.45, 2.75) is 32.2 Å². The van der Waals surface area contributed by atoms with E-state index in [1.165, 1.54) is 18.2 Å². The van der Waals surface area contributed by atoms with E-state index in [1.807, 2.05) is 6.92 Å². The third kappa shape index (κ3) is 4.93. The molecule has 3 N–H and O–H groups in total. The van der Waals surface area contributed by atoms with Gasteiger partial charge in [-0.05, 0) is 32.0 Å². The number of aromatic nitrogens is 3. The number of methoxy groups -OCH3 is 1. The number of halogens is 2. The number of primary amides is 1. The van der Waals surface area contributed by atoms with Crippen LogP contribution in [0.2, 0.25) is 0 Å². The second-order valence-corrected chi connectivity index (χ2v) is 8.06. The summed E-state index contributed by atoms with van der Waals surface area (Å²) in [6, 6.07) is 5.18. The maximum absolute atomic E-state index is 13.3. The average molecular weight is 498 g/mol. The van der Waals surface area contributed by atoms with Crippen molar-refractivity contribution in [2.24, 2.45) is 5.73 Å². The number of nitrogens with one attached hydrogen (secondary N) is 1. The monoisotopic (exact) mass is 498 g/mol. The van der Waals surface area contributed by atoms with Gasteiger partial charge in [0.15, 0.2) is 5.75 Å². The number of carbonyl (C=O) groups excluding carboxylic acids is 2. The molecule has 1 fully saturated rings. The van der Waals surface area contributed by atoms with E-state index in [4.69, 9.17) is 15.3 Å². The van der Waals surface area contributed by atoms with E-state index < -0.39 is 30.2 Å². The Bertz CT molecular complexity index is 1300. The number of ether oxygens (including phenoxy) is 1. The van der Waals surface area contributed by atoms with Gasteiger partial charge in [0.25, 0.3) is 17.7 Å². The number of nitrogens with zero attached hydrogens (tertiary/aromatic N) is 4. The highest BCUT2D eigenvalue weighted by molar-refractivity contribution is 6.02. The molecule has 1 atom stereocenters. The molecule has 1 saturated carbocycles. The molecule has 2 amide bonds. The van der Waals surface area contributed by atoms with Crippen molar-refractivity contribution >= 4 is 23.2 Å². The number of hydrogen-bond acceptors (Lipinski definition) is 8. The zero-order valence-corrected chi connectivity index (χ0v) is 19.8. The topological polar surface area (TPSA) is 133 Å². The van der Waals surface area contributed by atoms with Crippen molar-refractivity contribution in [3.8, 4) is 17.0 Å². The highest BCUT2D eigenvalue weighted by atomic mass is 19.3.